The van der Waals surface area contributed by atoms with Crippen LogP contribution in [0.4, 0.5) is 0 Å². The van der Waals surface area contributed by atoms with Crippen LogP contribution in [0.15, 0.2) is 67.3 Å². The van der Waals surface area contributed by atoms with Crippen LogP contribution < -0.4 is 5.32 Å². The topological polar surface area (TPSA) is 85.1 Å². The third kappa shape index (κ3) is 3.27. The maximum Gasteiger partial charge on any atom is 0.252 e. The normalized spacial score (nSPS) is 10.8. The van der Waals surface area contributed by atoms with Gasteiger partial charge >= 0.3 is 0 Å². The molecule has 0 fully saturated rings. The highest BCUT2D eigenvalue weighted by Gasteiger charge is 2.09. The molecule has 0 saturated carbocycles. The first-order valence-electron chi connectivity index (χ1n) is 8.24. The Balaban J connectivity index is 1.42. The molecular formula is C19H16N6O. The van der Waals surface area contributed by atoms with Crippen molar-refractivity contribution >= 4 is 11.6 Å². The van der Waals surface area contributed by atoms with Crippen molar-refractivity contribution in [3.05, 3.63) is 78.6 Å². The number of pyridine rings is 3. The average Bonchev–Trinajstić information content (AvgIpc) is 3.12. The molecule has 0 unspecified atom stereocenters. The van der Waals surface area contributed by atoms with Gasteiger partial charge in [0.1, 0.15) is 5.82 Å². The fraction of sp³-hybridized carbons (Fsp3) is 0.105. The highest BCUT2D eigenvalue weighted by molar-refractivity contribution is 5.94. The van der Waals surface area contributed by atoms with E-state index in [0.717, 1.165) is 22.7 Å². The molecule has 4 heterocycles. The predicted octanol–water partition coefficient (Wildman–Crippen LogP) is 2.16. The molecule has 128 valence electrons. The lowest BCUT2D eigenvalue weighted by molar-refractivity contribution is 0.0953. The highest BCUT2D eigenvalue weighted by atomic mass is 16.1. The van der Waals surface area contributed by atoms with E-state index in [2.05, 4.69) is 25.5 Å². The van der Waals surface area contributed by atoms with Crippen LogP contribution in [0.1, 0.15) is 16.2 Å². The van der Waals surface area contributed by atoms with Gasteiger partial charge in [-0.15, -0.1) is 10.2 Å². The summed E-state index contributed by atoms with van der Waals surface area (Å²) in [5.41, 5.74) is 2.88. The van der Waals surface area contributed by atoms with Gasteiger partial charge < -0.3 is 5.32 Å². The minimum Gasteiger partial charge on any atom is -0.352 e. The summed E-state index contributed by atoms with van der Waals surface area (Å²) in [6.45, 7) is 0.461. The number of carbonyl (C=O) groups is 1. The van der Waals surface area contributed by atoms with Gasteiger partial charge in [0.2, 0.25) is 0 Å². The largest absolute Gasteiger partial charge is 0.352 e. The van der Waals surface area contributed by atoms with Crippen molar-refractivity contribution in [3.63, 3.8) is 0 Å². The van der Waals surface area contributed by atoms with Crippen LogP contribution in [0.25, 0.3) is 16.9 Å². The van der Waals surface area contributed by atoms with Crippen molar-refractivity contribution in [1.82, 2.24) is 29.9 Å². The first-order valence-corrected chi connectivity index (χ1v) is 8.24. The van der Waals surface area contributed by atoms with Gasteiger partial charge in [-0.3, -0.25) is 19.2 Å². The number of aromatic nitrogens is 5. The number of nitrogens with zero attached hydrogens (tertiary/aromatic N) is 5. The van der Waals surface area contributed by atoms with Gasteiger partial charge in [-0.05, 0) is 30.3 Å². The van der Waals surface area contributed by atoms with Crippen molar-refractivity contribution in [3.8, 4) is 11.3 Å². The molecule has 7 nitrogen and oxygen atoms in total. The van der Waals surface area contributed by atoms with Gasteiger partial charge in [0.05, 0.1) is 11.3 Å². The summed E-state index contributed by atoms with van der Waals surface area (Å²) >= 11 is 0. The third-order valence-corrected chi connectivity index (χ3v) is 3.98. The first-order chi connectivity index (χ1) is 12.8. The van der Waals surface area contributed by atoms with Crippen molar-refractivity contribution in [1.29, 1.82) is 0 Å². The fourth-order valence-electron chi connectivity index (χ4n) is 2.69. The zero-order valence-corrected chi connectivity index (χ0v) is 13.9. The zero-order valence-electron chi connectivity index (χ0n) is 13.9. The van der Waals surface area contributed by atoms with Crippen molar-refractivity contribution in [2.45, 2.75) is 6.42 Å². The molecule has 0 spiro atoms. The van der Waals surface area contributed by atoms with Gasteiger partial charge in [-0.1, -0.05) is 12.1 Å². The Bertz CT molecular complexity index is 1040. The van der Waals surface area contributed by atoms with Crippen LogP contribution >= 0.6 is 0 Å². The molecule has 0 aromatic carbocycles. The minimum atomic E-state index is -0.177. The highest BCUT2D eigenvalue weighted by Crippen LogP contribution is 2.16. The van der Waals surface area contributed by atoms with Crippen molar-refractivity contribution in [2.24, 2.45) is 0 Å². The number of hydrogen-bond acceptors (Lipinski definition) is 5. The van der Waals surface area contributed by atoms with Gasteiger partial charge in [0.25, 0.3) is 5.91 Å². The summed E-state index contributed by atoms with van der Waals surface area (Å²) in [6, 6.07) is 13.2. The number of rotatable bonds is 5. The molecule has 26 heavy (non-hydrogen) atoms. The molecule has 0 aliphatic carbocycles. The molecule has 0 aliphatic heterocycles. The number of amides is 1. The van der Waals surface area contributed by atoms with E-state index in [0.29, 0.717) is 18.5 Å². The van der Waals surface area contributed by atoms with Crippen LogP contribution in [0, 0.1) is 0 Å². The zero-order chi connectivity index (χ0) is 17.8. The number of carbonyl (C=O) groups excluding carboxylic acids is 1. The Labute approximate surface area is 149 Å². The maximum atomic E-state index is 12.4. The van der Waals surface area contributed by atoms with E-state index in [-0.39, 0.29) is 5.91 Å². The van der Waals surface area contributed by atoms with Crippen LogP contribution in [-0.2, 0) is 6.42 Å². The van der Waals surface area contributed by atoms with Crippen LogP contribution in [0.2, 0.25) is 0 Å². The average molecular weight is 344 g/mol. The molecule has 0 atom stereocenters. The van der Waals surface area contributed by atoms with Crippen LogP contribution in [-0.4, -0.2) is 37.0 Å². The van der Waals surface area contributed by atoms with E-state index in [1.807, 2.05) is 47.0 Å². The number of nitrogens with one attached hydrogen (secondary N) is 1. The molecule has 1 amide bonds. The molecule has 4 rings (SSSR count). The smallest absolute Gasteiger partial charge is 0.252 e. The minimum absolute atomic E-state index is 0.177. The summed E-state index contributed by atoms with van der Waals surface area (Å²) < 4.78 is 1.91. The van der Waals surface area contributed by atoms with Gasteiger partial charge in [-0.25, -0.2) is 0 Å². The molecule has 0 bridgehead atoms. The lowest BCUT2D eigenvalue weighted by atomic mass is 10.1. The second kappa shape index (κ2) is 7.10. The van der Waals surface area contributed by atoms with E-state index in [4.69, 9.17) is 0 Å². The summed E-state index contributed by atoms with van der Waals surface area (Å²) in [7, 11) is 0. The molecule has 0 saturated heterocycles. The standard InChI is InChI=1S/C19H16N6O/c26-19(15-11-14(12-20-13-15)16-5-1-3-8-21-16)22-9-7-18-24-23-17-6-2-4-10-25(17)18/h1-6,8,10-13H,7,9H2,(H,22,26). The molecule has 4 aromatic rings. The van der Waals surface area contributed by atoms with E-state index in [1.165, 1.54) is 0 Å². The first kappa shape index (κ1) is 15.9. The van der Waals surface area contributed by atoms with Gasteiger partial charge in [-0.2, -0.15) is 0 Å². The van der Waals surface area contributed by atoms with Crippen LogP contribution in [0.5, 0.6) is 0 Å². The molecule has 0 aliphatic rings. The van der Waals surface area contributed by atoms with Gasteiger partial charge in [0.15, 0.2) is 5.65 Å². The number of fused-ring (bicyclic) bond motifs is 1. The Morgan fingerprint density at radius 3 is 2.88 bits per heavy atom. The quantitative estimate of drug-likeness (QED) is 0.600. The SMILES string of the molecule is O=C(NCCc1nnc2ccccn12)c1cncc(-c2ccccn2)c1. The van der Waals surface area contributed by atoms with E-state index >= 15 is 0 Å². The van der Waals surface area contributed by atoms with E-state index in [9.17, 15) is 4.79 Å². The lowest BCUT2D eigenvalue weighted by Crippen LogP contribution is -2.26. The Morgan fingerprint density at radius 2 is 2.00 bits per heavy atom. The molecule has 4 aromatic heterocycles. The molecule has 0 radical (unpaired) electrons. The second-order valence-electron chi connectivity index (χ2n) is 5.73. The lowest BCUT2D eigenvalue weighted by Gasteiger charge is -2.06. The second-order valence-corrected chi connectivity index (χ2v) is 5.73. The summed E-state index contributed by atoms with van der Waals surface area (Å²) in [5, 5.41) is 11.2. The van der Waals surface area contributed by atoms with Crippen LogP contribution in [0.3, 0.4) is 0 Å². The summed E-state index contributed by atoms with van der Waals surface area (Å²) in [5.74, 6) is 0.630. The monoisotopic (exact) mass is 344 g/mol. The van der Waals surface area contributed by atoms with Crippen molar-refractivity contribution < 1.29 is 4.79 Å². The van der Waals surface area contributed by atoms with E-state index < -0.39 is 0 Å². The summed E-state index contributed by atoms with van der Waals surface area (Å²) in [4.78, 5) is 20.8. The molecular weight excluding hydrogens is 328 g/mol. The van der Waals surface area contributed by atoms with Crippen molar-refractivity contribution in [2.75, 3.05) is 6.54 Å². The molecule has 1 N–H and O–H groups in total. The predicted molar refractivity (Wildman–Crippen MR) is 96.5 cm³/mol. The maximum absolute atomic E-state index is 12.4. The number of hydrogen-bond donors (Lipinski definition) is 1. The van der Waals surface area contributed by atoms with E-state index in [1.54, 1.807) is 24.7 Å². The Hall–Kier alpha value is -3.61. The van der Waals surface area contributed by atoms with Gasteiger partial charge in [0, 0.05) is 43.3 Å². The Kier molecular flexibility index (Phi) is 4.34. The molecule has 7 heteroatoms. The fourth-order valence-corrected chi connectivity index (χ4v) is 2.69. The third-order valence-electron chi connectivity index (χ3n) is 3.98. The Morgan fingerprint density at radius 1 is 1.08 bits per heavy atom. The summed E-state index contributed by atoms with van der Waals surface area (Å²) in [6.07, 6.45) is 7.46.